The first-order chi connectivity index (χ1) is 7.88. The largest absolute Gasteiger partial charge is 0.460 e. The van der Waals surface area contributed by atoms with E-state index in [1.807, 2.05) is 0 Å². The highest BCUT2D eigenvalue weighted by atomic mass is 79.9. The summed E-state index contributed by atoms with van der Waals surface area (Å²) in [4.78, 5) is 11.2. The van der Waals surface area contributed by atoms with Crippen LogP contribution in [-0.4, -0.2) is 21.0 Å². The van der Waals surface area contributed by atoms with Gasteiger partial charge in [0.25, 0.3) is 0 Å². The summed E-state index contributed by atoms with van der Waals surface area (Å²) >= 11 is 2.88. The first-order valence-electron chi connectivity index (χ1n) is 4.87. The molecular weight excluding hydrogens is 314 g/mol. The Hall–Kier alpha value is -0.860. The van der Waals surface area contributed by atoms with E-state index in [-0.39, 0.29) is 15.3 Å². The van der Waals surface area contributed by atoms with Crippen LogP contribution in [0.3, 0.4) is 0 Å². The molecule has 2 N–H and O–H groups in total. The van der Waals surface area contributed by atoms with Gasteiger partial charge in [-0.2, -0.15) is 0 Å². The van der Waals surface area contributed by atoms with Crippen molar-refractivity contribution in [3.63, 3.8) is 0 Å². The molecule has 1 aromatic heterocycles. The molecule has 1 fully saturated rings. The van der Waals surface area contributed by atoms with Crippen LogP contribution in [0, 0.1) is 5.92 Å². The Kier molecular flexibility index (Phi) is 3.28. The SMILES string of the molecule is NS(=O)(=O)c1cc(C(=O)OCC2CC2)oc1Br. The molecule has 0 saturated heterocycles. The van der Waals surface area contributed by atoms with Crippen molar-refractivity contribution >= 4 is 31.9 Å². The zero-order valence-corrected chi connectivity index (χ0v) is 11.1. The van der Waals surface area contributed by atoms with E-state index >= 15 is 0 Å². The molecule has 0 bridgehead atoms. The van der Waals surface area contributed by atoms with E-state index in [1.165, 1.54) is 0 Å². The topological polar surface area (TPSA) is 99.6 Å². The maximum Gasteiger partial charge on any atom is 0.374 e. The minimum Gasteiger partial charge on any atom is -0.460 e. The Balaban J connectivity index is 2.13. The van der Waals surface area contributed by atoms with Crippen LogP contribution in [0.1, 0.15) is 23.4 Å². The first-order valence-corrected chi connectivity index (χ1v) is 7.21. The number of nitrogens with two attached hydrogens (primary N) is 1. The zero-order chi connectivity index (χ0) is 12.6. The zero-order valence-electron chi connectivity index (χ0n) is 8.68. The molecule has 17 heavy (non-hydrogen) atoms. The van der Waals surface area contributed by atoms with E-state index in [0.717, 1.165) is 18.9 Å². The van der Waals surface area contributed by atoms with Crippen LogP contribution in [0.25, 0.3) is 0 Å². The molecule has 2 rings (SSSR count). The van der Waals surface area contributed by atoms with Crippen molar-refractivity contribution in [2.24, 2.45) is 11.1 Å². The molecule has 0 atom stereocenters. The summed E-state index contributed by atoms with van der Waals surface area (Å²) in [7, 11) is -3.91. The fourth-order valence-electron chi connectivity index (χ4n) is 1.20. The van der Waals surface area contributed by atoms with Gasteiger partial charge in [-0.15, -0.1) is 0 Å². The smallest absolute Gasteiger partial charge is 0.374 e. The average molecular weight is 324 g/mol. The third-order valence-electron chi connectivity index (χ3n) is 2.31. The molecule has 0 unspecified atom stereocenters. The van der Waals surface area contributed by atoms with Crippen molar-refractivity contribution in [2.45, 2.75) is 17.7 Å². The normalized spacial score (nSPS) is 15.9. The number of primary sulfonamides is 1. The number of rotatable bonds is 4. The number of halogens is 1. The molecule has 1 heterocycles. The molecule has 1 aliphatic carbocycles. The summed E-state index contributed by atoms with van der Waals surface area (Å²) in [6.07, 6.45) is 2.11. The Morgan fingerprint density at radius 3 is 2.71 bits per heavy atom. The van der Waals surface area contributed by atoms with Crippen LogP contribution in [0.2, 0.25) is 0 Å². The molecule has 1 saturated carbocycles. The molecule has 0 amide bonds. The molecule has 94 valence electrons. The standard InChI is InChI=1S/C9H10BrNO5S/c10-8-7(17(11,13)14)3-6(16-8)9(12)15-4-5-1-2-5/h3,5H,1-2,4H2,(H2,11,13,14). The van der Waals surface area contributed by atoms with Gasteiger partial charge in [0, 0.05) is 6.07 Å². The third-order valence-corrected chi connectivity index (χ3v) is 4.08. The Bertz CT molecular complexity index is 546. The number of ether oxygens (including phenoxy) is 1. The summed E-state index contributed by atoms with van der Waals surface area (Å²) in [5.41, 5.74) is 0. The lowest BCUT2D eigenvalue weighted by molar-refractivity contribution is 0.0448. The van der Waals surface area contributed by atoms with Crippen LogP contribution in [-0.2, 0) is 14.8 Å². The Labute approximate surface area is 106 Å². The van der Waals surface area contributed by atoms with Gasteiger partial charge in [-0.25, -0.2) is 18.4 Å². The first kappa shape index (κ1) is 12.6. The van der Waals surface area contributed by atoms with Crippen molar-refractivity contribution in [1.82, 2.24) is 0 Å². The molecular formula is C9H10BrNO5S. The molecule has 8 heteroatoms. The van der Waals surface area contributed by atoms with Gasteiger partial charge in [-0.05, 0) is 34.7 Å². The summed E-state index contributed by atoms with van der Waals surface area (Å²) < 4.78 is 32.0. The van der Waals surface area contributed by atoms with Gasteiger partial charge in [-0.1, -0.05) is 0 Å². The van der Waals surface area contributed by atoms with E-state index in [9.17, 15) is 13.2 Å². The second-order valence-electron chi connectivity index (χ2n) is 3.84. The van der Waals surface area contributed by atoms with Crippen LogP contribution >= 0.6 is 15.9 Å². The van der Waals surface area contributed by atoms with Crippen molar-refractivity contribution < 1.29 is 22.4 Å². The summed E-state index contributed by atoms with van der Waals surface area (Å²) in [5, 5.41) is 4.93. The monoisotopic (exact) mass is 323 g/mol. The van der Waals surface area contributed by atoms with Gasteiger partial charge in [0.2, 0.25) is 15.8 Å². The Morgan fingerprint density at radius 1 is 1.59 bits per heavy atom. The highest BCUT2D eigenvalue weighted by molar-refractivity contribution is 9.10. The molecule has 0 spiro atoms. The summed E-state index contributed by atoms with van der Waals surface area (Å²) in [6, 6.07) is 1.05. The lowest BCUT2D eigenvalue weighted by Crippen LogP contribution is -2.12. The van der Waals surface area contributed by atoms with Gasteiger partial charge >= 0.3 is 5.97 Å². The number of carbonyl (C=O) groups is 1. The maximum atomic E-state index is 11.5. The maximum absolute atomic E-state index is 11.5. The number of esters is 1. The Morgan fingerprint density at radius 2 is 2.24 bits per heavy atom. The number of furan rings is 1. The molecule has 0 radical (unpaired) electrons. The van der Waals surface area contributed by atoms with Crippen LogP contribution in [0.15, 0.2) is 20.0 Å². The van der Waals surface area contributed by atoms with Crippen molar-refractivity contribution in [2.75, 3.05) is 6.61 Å². The quantitative estimate of drug-likeness (QED) is 0.841. The van der Waals surface area contributed by atoms with E-state index in [2.05, 4.69) is 15.9 Å². The van der Waals surface area contributed by atoms with E-state index in [4.69, 9.17) is 14.3 Å². The van der Waals surface area contributed by atoms with Crippen LogP contribution < -0.4 is 5.14 Å². The van der Waals surface area contributed by atoms with Crippen molar-refractivity contribution in [1.29, 1.82) is 0 Å². The fraction of sp³-hybridized carbons (Fsp3) is 0.444. The van der Waals surface area contributed by atoms with Crippen LogP contribution in [0.4, 0.5) is 0 Å². The molecule has 1 aromatic rings. The van der Waals surface area contributed by atoms with Crippen LogP contribution in [0.5, 0.6) is 0 Å². The predicted octanol–water partition coefficient (Wildman–Crippen LogP) is 1.26. The van der Waals surface area contributed by atoms with Gasteiger partial charge in [0.05, 0.1) is 6.61 Å². The van der Waals surface area contributed by atoms with Crippen molar-refractivity contribution in [3.05, 3.63) is 16.5 Å². The van der Waals surface area contributed by atoms with E-state index in [1.54, 1.807) is 0 Å². The predicted molar refractivity (Wildman–Crippen MR) is 60.8 cm³/mol. The van der Waals surface area contributed by atoms with E-state index in [0.29, 0.717) is 12.5 Å². The lowest BCUT2D eigenvalue weighted by atomic mass is 10.4. The summed E-state index contributed by atoms with van der Waals surface area (Å²) in [6.45, 7) is 0.335. The number of hydrogen-bond donors (Lipinski definition) is 1. The van der Waals surface area contributed by atoms with Gasteiger partial charge in [0.1, 0.15) is 4.90 Å². The third kappa shape index (κ3) is 3.08. The number of carbonyl (C=O) groups excluding carboxylic acids is 1. The number of hydrogen-bond acceptors (Lipinski definition) is 5. The molecule has 0 aromatic carbocycles. The van der Waals surface area contributed by atoms with Crippen molar-refractivity contribution in [3.8, 4) is 0 Å². The fourth-order valence-corrected chi connectivity index (χ4v) is 2.70. The minimum atomic E-state index is -3.91. The molecule has 0 aliphatic heterocycles. The van der Waals surface area contributed by atoms with Gasteiger partial charge in [0.15, 0.2) is 4.67 Å². The molecule has 6 nitrogen and oxygen atoms in total. The van der Waals surface area contributed by atoms with Gasteiger partial charge < -0.3 is 9.15 Å². The summed E-state index contributed by atoms with van der Waals surface area (Å²) in [5.74, 6) is -0.441. The lowest BCUT2D eigenvalue weighted by Gasteiger charge is -1.99. The minimum absolute atomic E-state index is 0.0987. The highest BCUT2D eigenvalue weighted by Crippen LogP contribution is 2.30. The van der Waals surface area contributed by atoms with E-state index < -0.39 is 16.0 Å². The second-order valence-corrected chi connectivity index (χ2v) is 6.09. The average Bonchev–Trinajstić information content (AvgIpc) is 2.95. The number of sulfonamides is 1. The molecule has 1 aliphatic rings. The highest BCUT2D eigenvalue weighted by Gasteiger charge is 2.26. The van der Waals surface area contributed by atoms with Gasteiger partial charge in [-0.3, -0.25) is 0 Å². The second kappa shape index (κ2) is 4.43.